The van der Waals surface area contributed by atoms with E-state index >= 15 is 0 Å². The Labute approximate surface area is 169 Å². The fraction of sp³-hybridized carbons (Fsp3) is 0.105. The maximum Gasteiger partial charge on any atom is 0.342 e. The lowest BCUT2D eigenvalue weighted by molar-refractivity contribution is -0.131. The maximum atomic E-state index is 11.7. The van der Waals surface area contributed by atoms with Gasteiger partial charge in [0.15, 0.2) is 17.3 Å². The lowest BCUT2D eigenvalue weighted by Crippen LogP contribution is -2.15. The van der Waals surface area contributed by atoms with Crippen LogP contribution in [0.1, 0.15) is 5.56 Å². The molecule has 1 aliphatic rings. The van der Waals surface area contributed by atoms with Crippen molar-refractivity contribution in [1.29, 1.82) is 0 Å². The Morgan fingerprint density at radius 2 is 1.89 bits per heavy atom. The van der Waals surface area contributed by atoms with Crippen molar-refractivity contribution < 1.29 is 19.4 Å². The third kappa shape index (κ3) is 4.13. The van der Waals surface area contributed by atoms with Crippen LogP contribution in [0.4, 0.5) is 0 Å². The van der Waals surface area contributed by atoms with Gasteiger partial charge >= 0.3 is 5.97 Å². The minimum atomic E-state index is -1.07. The first-order valence-electron chi connectivity index (χ1n) is 8.29. The molecule has 0 amide bonds. The smallest absolute Gasteiger partial charge is 0.342 e. The summed E-state index contributed by atoms with van der Waals surface area (Å²) in [7, 11) is 0. The van der Waals surface area contributed by atoms with Crippen molar-refractivity contribution in [2.45, 2.75) is 5.16 Å². The van der Waals surface area contributed by atoms with E-state index in [1.165, 1.54) is 0 Å². The van der Waals surface area contributed by atoms with Gasteiger partial charge in [-0.2, -0.15) is 0 Å². The molecule has 2 N–H and O–H groups in total. The third-order valence-corrected chi connectivity index (χ3v) is 4.99. The van der Waals surface area contributed by atoms with E-state index < -0.39 is 5.97 Å². The largest absolute Gasteiger partial charge is 0.486 e. The Hall–Kier alpha value is -2.97. The Kier molecular flexibility index (Phi) is 5.23. The predicted octanol–water partition coefficient (Wildman–Crippen LogP) is 4.11. The van der Waals surface area contributed by atoms with Crippen molar-refractivity contribution in [2.24, 2.45) is 0 Å². The highest BCUT2D eigenvalue weighted by atomic mass is 35.5. The van der Waals surface area contributed by atoms with Gasteiger partial charge in [-0.1, -0.05) is 17.7 Å². The van der Waals surface area contributed by atoms with Crippen LogP contribution in [0.15, 0.2) is 52.5 Å². The maximum absolute atomic E-state index is 11.7. The summed E-state index contributed by atoms with van der Waals surface area (Å²) < 4.78 is 11.0. The number of hydrogen-bond acceptors (Lipinski definition) is 6. The van der Waals surface area contributed by atoms with E-state index in [1.807, 2.05) is 0 Å². The van der Waals surface area contributed by atoms with Crippen LogP contribution in [-0.4, -0.2) is 39.5 Å². The number of nitrogens with zero attached hydrogens (tertiary/aromatic N) is 2. The van der Waals surface area contributed by atoms with Gasteiger partial charge in [0.25, 0.3) is 0 Å². The van der Waals surface area contributed by atoms with E-state index in [0.717, 1.165) is 17.3 Å². The van der Waals surface area contributed by atoms with E-state index in [4.69, 9.17) is 21.1 Å². The van der Waals surface area contributed by atoms with E-state index in [-0.39, 0.29) is 4.91 Å². The number of rotatable bonds is 5. The van der Waals surface area contributed by atoms with Gasteiger partial charge < -0.3 is 14.6 Å². The number of aliphatic carboxylic acids is 1. The van der Waals surface area contributed by atoms with Crippen LogP contribution in [0.3, 0.4) is 0 Å². The number of halogens is 1. The van der Waals surface area contributed by atoms with E-state index in [0.29, 0.717) is 46.3 Å². The molecular formula is C19H14ClN3O4S. The Balaban J connectivity index is 1.57. The van der Waals surface area contributed by atoms with Gasteiger partial charge in [0, 0.05) is 10.6 Å². The van der Waals surface area contributed by atoms with Crippen molar-refractivity contribution in [3.8, 4) is 22.9 Å². The molecule has 142 valence electrons. The molecule has 2 heterocycles. The van der Waals surface area contributed by atoms with Crippen LogP contribution in [-0.2, 0) is 4.79 Å². The summed E-state index contributed by atoms with van der Waals surface area (Å²) in [5.41, 5.74) is 1.49. The zero-order valence-corrected chi connectivity index (χ0v) is 16.0. The third-order valence-electron chi connectivity index (χ3n) is 3.86. The molecule has 0 saturated heterocycles. The fourth-order valence-electron chi connectivity index (χ4n) is 2.56. The molecule has 7 nitrogen and oxygen atoms in total. The molecule has 2 aromatic carbocycles. The molecule has 0 fully saturated rings. The molecule has 1 aliphatic heterocycles. The first kappa shape index (κ1) is 18.4. The number of carboxylic acids is 1. The number of H-pyrrole nitrogens is 1. The minimum Gasteiger partial charge on any atom is -0.486 e. The molecule has 0 spiro atoms. The zero-order valence-electron chi connectivity index (χ0n) is 14.4. The van der Waals surface area contributed by atoms with Crippen molar-refractivity contribution in [3.05, 3.63) is 58.0 Å². The van der Waals surface area contributed by atoms with Crippen LogP contribution in [0.5, 0.6) is 11.5 Å². The molecule has 0 unspecified atom stereocenters. The van der Waals surface area contributed by atoms with Crippen molar-refractivity contribution in [3.63, 3.8) is 0 Å². The molecule has 0 aliphatic carbocycles. The molecular weight excluding hydrogens is 402 g/mol. The Morgan fingerprint density at radius 3 is 2.64 bits per heavy atom. The van der Waals surface area contributed by atoms with Crippen LogP contribution >= 0.6 is 23.4 Å². The summed E-state index contributed by atoms with van der Waals surface area (Å²) in [5, 5.41) is 17.4. The second-order valence-electron chi connectivity index (χ2n) is 5.79. The van der Waals surface area contributed by atoms with Gasteiger partial charge in [-0.3, -0.25) is 5.10 Å². The average Bonchev–Trinajstić information content (AvgIpc) is 3.16. The van der Waals surface area contributed by atoms with Gasteiger partial charge in [0.05, 0.1) is 0 Å². The minimum absolute atomic E-state index is 0.0818. The first-order chi connectivity index (χ1) is 13.6. The van der Waals surface area contributed by atoms with Gasteiger partial charge in [-0.15, -0.1) is 5.10 Å². The number of ether oxygens (including phenoxy) is 2. The van der Waals surface area contributed by atoms with Crippen molar-refractivity contribution >= 4 is 35.4 Å². The zero-order chi connectivity index (χ0) is 19.5. The van der Waals surface area contributed by atoms with Crippen LogP contribution in [0, 0.1) is 0 Å². The Bertz CT molecular complexity index is 1050. The second kappa shape index (κ2) is 7.95. The molecule has 0 saturated carbocycles. The fourth-order valence-corrected chi connectivity index (χ4v) is 3.40. The number of thioether (sulfide) groups is 1. The lowest BCUT2D eigenvalue weighted by Gasteiger charge is -2.18. The summed E-state index contributed by atoms with van der Waals surface area (Å²) in [5.74, 6) is 0.702. The summed E-state index contributed by atoms with van der Waals surface area (Å²) >= 11 is 6.85. The molecule has 9 heteroatoms. The van der Waals surface area contributed by atoms with Crippen LogP contribution in [0.2, 0.25) is 5.02 Å². The normalized spacial score (nSPS) is 13.4. The molecule has 1 aromatic heterocycles. The predicted molar refractivity (Wildman–Crippen MR) is 106 cm³/mol. The van der Waals surface area contributed by atoms with Gasteiger partial charge in [0.1, 0.15) is 18.1 Å². The summed E-state index contributed by atoms with van der Waals surface area (Å²) in [6.45, 7) is 0.963. The standard InChI is InChI=1S/C19H14ClN3O4S/c20-13-4-2-12(3-5-13)17-21-19(23-22-17)28-16(18(24)25)10-11-1-6-14-15(9-11)27-8-7-26-14/h1-6,9-10H,7-8H2,(H,24,25)(H,21,22,23)/b16-10-. The molecule has 28 heavy (non-hydrogen) atoms. The summed E-state index contributed by atoms with van der Waals surface area (Å²) in [4.78, 5) is 16.1. The molecule has 3 aromatic rings. The molecule has 0 bridgehead atoms. The SMILES string of the molecule is O=C(O)/C(=C/c1ccc2c(c1)OCCO2)Sc1n[nH]c(-c2ccc(Cl)cc2)n1. The van der Waals surface area contributed by atoms with Gasteiger partial charge in [-0.25, -0.2) is 9.78 Å². The van der Waals surface area contributed by atoms with Crippen molar-refractivity contribution in [2.75, 3.05) is 13.2 Å². The number of carboxylic acid groups (broad SMARTS) is 1. The Morgan fingerprint density at radius 1 is 1.14 bits per heavy atom. The highest BCUT2D eigenvalue weighted by Gasteiger charge is 2.16. The number of aromatic amines is 1. The van der Waals surface area contributed by atoms with Gasteiger partial charge in [0.2, 0.25) is 5.16 Å². The lowest BCUT2D eigenvalue weighted by atomic mass is 10.2. The van der Waals surface area contributed by atoms with E-state index in [2.05, 4.69) is 15.2 Å². The van der Waals surface area contributed by atoms with Crippen molar-refractivity contribution in [1.82, 2.24) is 15.2 Å². The second-order valence-corrected chi connectivity index (χ2v) is 7.24. The quantitative estimate of drug-likeness (QED) is 0.478. The highest BCUT2D eigenvalue weighted by molar-refractivity contribution is 8.04. The summed E-state index contributed by atoms with van der Waals surface area (Å²) in [6.07, 6.45) is 1.55. The number of carbonyl (C=O) groups is 1. The number of fused-ring (bicyclic) bond motifs is 1. The van der Waals surface area contributed by atoms with Gasteiger partial charge in [-0.05, 0) is 59.8 Å². The average molecular weight is 416 g/mol. The number of hydrogen-bond donors (Lipinski definition) is 2. The summed E-state index contributed by atoms with van der Waals surface area (Å²) in [6, 6.07) is 12.4. The molecule has 0 atom stereocenters. The topological polar surface area (TPSA) is 97.3 Å². The van der Waals surface area contributed by atoms with E-state index in [1.54, 1.807) is 48.5 Å². The highest BCUT2D eigenvalue weighted by Crippen LogP contribution is 2.33. The van der Waals surface area contributed by atoms with Crippen LogP contribution < -0.4 is 9.47 Å². The number of aromatic nitrogens is 3. The van der Waals surface area contributed by atoms with E-state index in [9.17, 15) is 9.90 Å². The number of benzene rings is 2. The molecule has 4 rings (SSSR count). The molecule has 0 radical (unpaired) electrons. The van der Waals surface area contributed by atoms with Crippen LogP contribution in [0.25, 0.3) is 17.5 Å². The first-order valence-corrected chi connectivity index (χ1v) is 9.49. The monoisotopic (exact) mass is 415 g/mol. The number of nitrogens with one attached hydrogen (secondary N) is 1.